The molecule has 30 heavy (non-hydrogen) atoms. The van der Waals surface area contributed by atoms with Gasteiger partial charge in [0.15, 0.2) is 8.32 Å². The van der Waals surface area contributed by atoms with Gasteiger partial charge in [0.25, 0.3) is 0 Å². The van der Waals surface area contributed by atoms with Crippen LogP contribution in [0.25, 0.3) is 0 Å². The molecule has 4 aliphatic carbocycles. The van der Waals surface area contributed by atoms with Crippen molar-refractivity contribution in [2.24, 2.45) is 38.9 Å². The van der Waals surface area contributed by atoms with Crippen molar-refractivity contribution in [3.63, 3.8) is 0 Å². The lowest BCUT2D eigenvalue weighted by molar-refractivity contribution is -0.0806. The number of rotatable bonds is 4. The maximum atomic E-state index is 6.94. The van der Waals surface area contributed by atoms with Crippen molar-refractivity contribution >= 4 is 19.7 Å². The SMILES string of the molecule is CO/N=C1\C=C2C[C@@H](O[Si](C)(C)C)[C@@H]3[C@H](CC[C@]4(C)/C(=N\OC)CC[C@@H]34)[C@@]2(C)CC1. The first kappa shape index (κ1) is 22.1. The molecule has 0 bridgehead atoms. The first-order chi connectivity index (χ1) is 14.1. The number of allylic oxidation sites excluding steroid dienone is 1. The van der Waals surface area contributed by atoms with Crippen molar-refractivity contribution < 1.29 is 14.1 Å². The van der Waals surface area contributed by atoms with Gasteiger partial charge in [-0.25, -0.2) is 0 Å². The molecule has 0 spiro atoms. The fraction of sp³-hybridized carbons (Fsp3) is 0.833. The smallest absolute Gasteiger partial charge is 0.184 e. The molecule has 6 heteroatoms. The van der Waals surface area contributed by atoms with Gasteiger partial charge < -0.3 is 14.1 Å². The second-order valence-electron chi connectivity index (χ2n) is 11.3. The Morgan fingerprint density at radius 3 is 2.30 bits per heavy atom. The van der Waals surface area contributed by atoms with Crippen molar-refractivity contribution in [1.29, 1.82) is 0 Å². The zero-order valence-electron chi connectivity index (χ0n) is 20.0. The molecular formula is C24H40N2O3Si. The summed E-state index contributed by atoms with van der Waals surface area (Å²) < 4.78 is 6.94. The van der Waals surface area contributed by atoms with E-state index in [1.807, 2.05) is 0 Å². The van der Waals surface area contributed by atoms with Crippen LogP contribution >= 0.6 is 0 Å². The fourth-order valence-electron chi connectivity index (χ4n) is 7.33. The van der Waals surface area contributed by atoms with Crippen molar-refractivity contribution in [3.8, 4) is 0 Å². The Morgan fingerprint density at radius 1 is 0.933 bits per heavy atom. The topological polar surface area (TPSA) is 52.4 Å². The fourth-order valence-corrected chi connectivity index (χ4v) is 8.47. The van der Waals surface area contributed by atoms with E-state index in [1.165, 1.54) is 31.4 Å². The highest BCUT2D eigenvalue weighted by molar-refractivity contribution is 6.69. The maximum Gasteiger partial charge on any atom is 0.184 e. The second kappa shape index (κ2) is 7.77. The second-order valence-corrected chi connectivity index (χ2v) is 15.8. The Kier molecular flexibility index (Phi) is 5.71. The molecule has 0 unspecified atom stereocenters. The summed E-state index contributed by atoms with van der Waals surface area (Å²) in [6, 6.07) is 0. The first-order valence-corrected chi connectivity index (χ1v) is 15.1. The first-order valence-electron chi connectivity index (χ1n) is 11.7. The minimum Gasteiger partial charge on any atom is -0.414 e. The van der Waals surface area contributed by atoms with Crippen LogP contribution in [0.4, 0.5) is 0 Å². The molecular weight excluding hydrogens is 392 g/mol. The summed E-state index contributed by atoms with van der Waals surface area (Å²) in [6.07, 6.45) is 10.6. The average molecular weight is 433 g/mol. The summed E-state index contributed by atoms with van der Waals surface area (Å²) in [6.45, 7) is 12.0. The van der Waals surface area contributed by atoms with E-state index in [-0.39, 0.29) is 10.8 Å². The number of hydrogen-bond acceptors (Lipinski definition) is 5. The standard InChI is InChI=1S/C24H40N2O3Si/c1-23-12-10-17(25-27-3)14-16(23)15-20(29-30(5,6)7)22-18-8-9-21(26-28-4)24(18,2)13-11-19(22)23/h14,18-20,22H,8-13,15H2,1-7H3/b25-17-,26-21-/t18-,19-,20+,22-,23-,24-/m0/s1. The van der Waals surface area contributed by atoms with Crippen LogP contribution in [0.2, 0.25) is 19.6 Å². The Hall–Kier alpha value is -1.14. The molecule has 4 aliphatic rings. The largest absolute Gasteiger partial charge is 0.414 e. The van der Waals surface area contributed by atoms with Gasteiger partial charge >= 0.3 is 0 Å². The highest BCUT2D eigenvalue weighted by atomic mass is 28.4. The maximum absolute atomic E-state index is 6.94. The van der Waals surface area contributed by atoms with Gasteiger partial charge in [-0.15, -0.1) is 0 Å². The zero-order valence-corrected chi connectivity index (χ0v) is 21.0. The Morgan fingerprint density at radius 2 is 1.63 bits per heavy atom. The lowest BCUT2D eigenvalue weighted by Gasteiger charge is -2.60. The van der Waals surface area contributed by atoms with Gasteiger partial charge in [-0.3, -0.25) is 0 Å². The predicted molar refractivity (Wildman–Crippen MR) is 124 cm³/mol. The molecule has 0 heterocycles. The van der Waals surface area contributed by atoms with E-state index < -0.39 is 8.32 Å². The number of hydrogen-bond donors (Lipinski definition) is 0. The number of nitrogens with zero attached hydrogens (tertiary/aromatic N) is 2. The van der Waals surface area contributed by atoms with Crippen LogP contribution in [0.1, 0.15) is 58.8 Å². The van der Waals surface area contributed by atoms with E-state index in [1.54, 1.807) is 19.8 Å². The molecule has 5 nitrogen and oxygen atoms in total. The van der Waals surface area contributed by atoms with Gasteiger partial charge in [-0.1, -0.05) is 29.7 Å². The lowest BCUT2D eigenvalue weighted by Crippen LogP contribution is -2.57. The molecule has 3 saturated carbocycles. The summed E-state index contributed by atoms with van der Waals surface area (Å²) >= 11 is 0. The number of oxime groups is 2. The van der Waals surface area contributed by atoms with Gasteiger partial charge in [0.2, 0.25) is 0 Å². The van der Waals surface area contributed by atoms with Crippen molar-refractivity contribution in [1.82, 2.24) is 0 Å². The summed E-state index contributed by atoms with van der Waals surface area (Å²) in [7, 11) is 1.66. The van der Waals surface area contributed by atoms with E-state index in [2.05, 4.69) is 49.9 Å². The lowest BCUT2D eigenvalue weighted by atomic mass is 9.46. The molecule has 0 saturated heterocycles. The van der Waals surface area contributed by atoms with Crippen molar-refractivity contribution in [3.05, 3.63) is 11.6 Å². The molecule has 4 rings (SSSR count). The van der Waals surface area contributed by atoms with Crippen LogP contribution in [-0.2, 0) is 14.1 Å². The van der Waals surface area contributed by atoms with Gasteiger partial charge in [-0.05, 0) is 93.8 Å². The quantitative estimate of drug-likeness (QED) is 0.418. The summed E-state index contributed by atoms with van der Waals surface area (Å²) in [5, 5.41) is 8.77. The third-order valence-corrected chi connectivity index (χ3v) is 9.64. The van der Waals surface area contributed by atoms with Crippen LogP contribution in [0.5, 0.6) is 0 Å². The third-order valence-electron chi connectivity index (χ3n) is 8.63. The van der Waals surface area contributed by atoms with E-state index in [4.69, 9.17) is 14.1 Å². The van der Waals surface area contributed by atoms with Crippen LogP contribution in [-0.4, -0.2) is 40.1 Å². The molecule has 0 aliphatic heterocycles. The van der Waals surface area contributed by atoms with Crippen molar-refractivity contribution in [2.75, 3.05) is 14.2 Å². The highest BCUT2D eigenvalue weighted by Crippen LogP contribution is 2.65. The Bertz CT molecular complexity index is 771. The van der Waals surface area contributed by atoms with E-state index in [0.717, 1.165) is 25.0 Å². The van der Waals surface area contributed by atoms with Crippen LogP contribution in [0.15, 0.2) is 22.0 Å². The van der Waals surface area contributed by atoms with Gasteiger partial charge in [-0.2, -0.15) is 0 Å². The molecule has 0 radical (unpaired) electrons. The van der Waals surface area contributed by atoms with Crippen LogP contribution in [0.3, 0.4) is 0 Å². The molecule has 0 aromatic carbocycles. The monoisotopic (exact) mass is 432 g/mol. The molecule has 168 valence electrons. The molecule has 0 N–H and O–H groups in total. The summed E-state index contributed by atoms with van der Waals surface area (Å²) in [5.41, 5.74) is 4.32. The normalized spacial score (nSPS) is 43.6. The summed E-state index contributed by atoms with van der Waals surface area (Å²) in [5.74, 6) is 1.91. The molecule has 6 atom stereocenters. The van der Waals surface area contributed by atoms with Gasteiger partial charge in [0.1, 0.15) is 14.2 Å². The Balaban J connectivity index is 1.75. The number of fused-ring (bicyclic) bond motifs is 5. The van der Waals surface area contributed by atoms with E-state index >= 15 is 0 Å². The highest BCUT2D eigenvalue weighted by Gasteiger charge is 2.61. The van der Waals surface area contributed by atoms with Gasteiger partial charge in [0.05, 0.1) is 17.5 Å². The van der Waals surface area contributed by atoms with Crippen LogP contribution < -0.4 is 0 Å². The minimum absolute atomic E-state index is 0.160. The average Bonchev–Trinajstić information content (AvgIpc) is 2.99. The third kappa shape index (κ3) is 3.58. The van der Waals surface area contributed by atoms with Crippen molar-refractivity contribution in [2.45, 2.75) is 84.5 Å². The Labute approximate surface area is 183 Å². The van der Waals surface area contributed by atoms with Crippen LogP contribution in [0, 0.1) is 28.6 Å². The summed E-state index contributed by atoms with van der Waals surface area (Å²) in [4.78, 5) is 10.4. The van der Waals surface area contributed by atoms with E-state index in [0.29, 0.717) is 23.9 Å². The molecule has 3 fully saturated rings. The predicted octanol–water partition coefficient (Wildman–Crippen LogP) is 5.78. The zero-order chi connectivity index (χ0) is 21.7. The molecule has 0 aromatic heterocycles. The molecule has 0 amide bonds. The molecule has 0 aromatic rings. The minimum atomic E-state index is -1.67. The van der Waals surface area contributed by atoms with Gasteiger partial charge in [0, 0.05) is 5.41 Å². The van der Waals surface area contributed by atoms with E-state index in [9.17, 15) is 0 Å².